The molecule has 0 bridgehead atoms. The molecular formula is C40H48Br2N2O8S2. The lowest BCUT2D eigenvalue weighted by molar-refractivity contribution is 0.0481. The van der Waals surface area contributed by atoms with E-state index in [4.69, 9.17) is 9.47 Å². The van der Waals surface area contributed by atoms with Crippen LogP contribution in [0.3, 0.4) is 0 Å². The Balaban J connectivity index is 0.000000290. The van der Waals surface area contributed by atoms with Gasteiger partial charge < -0.3 is 9.47 Å². The van der Waals surface area contributed by atoms with Crippen molar-refractivity contribution in [2.45, 2.75) is 88.1 Å². The van der Waals surface area contributed by atoms with Gasteiger partial charge in [-0.3, -0.25) is 0 Å². The molecule has 0 unspecified atom stereocenters. The number of ether oxygens (including phenoxy) is 2. The molecule has 4 aromatic rings. The van der Waals surface area contributed by atoms with Crippen LogP contribution in [0.4, 0.5) is 0 Å². The fraction of sp³-hybridized carbons (Fsp3) is 0.350. The Labute approximate surface area is 336 Å². The smallest absolute Gasteiger partial charge is 0.338 e. The van der Waals surface area contributed by atoms with Crippen LogP contribution in [-0.4, -0.2) is 54.1 Å². The van der Waals surface area contributed by atoms with Crippen molar-refractivity contribution in [3.8, 4) is 0 Å². The second-order valence-electron chi connectivity index (χ2n) is 12.7. The minimum Gasteiger partial charge on any atom is -0.462 e. The lowest BCUT2D eigenvalue weighted by atomic mass is 10.1. The van der Waals surface area contributed by atoms with Crippen LogP contribution in [0.1, 0.15) is 84.2 Å². The summed E-state index contributed by atoms with van der Waals surface area (Å²) in [6, 6.07) is 26.6. The summed E-state index contributed by atoms with van der Waals surface area (Å²) in [4.78, 5) is 24.6. The minimum atomic E-state index is -3.60. The molecule has 0 radical (unpaired) electrons. The summed E-state index contributed by atoms with van der Waals surface area (Å²) < 4.78 is 68.0. The number of rotatable bonds is 18. The molecule has 0 fully saturated rings. The van der Waals surface area contributed by atoms with Crippen LogP contribution >= 0.6 is 31.9 Å². The fourth-order valence-corrected chi connectivity index (χ4v) is 8.30. The molecule has 10 nitrogen and oxygen atoms in total. The van der Waals surface area contributed by atoms with Crippen LogP contribution in [-0.2, 0) is 29.5 Å². The Morgan fingerprint density at radius 2 is 0.852 bits per heavy atom. The molecule has 4 rings (SSSR count). The maximum Gasteiger partial charge on any atom is 0.338 e. The Morgan fingerprint density at radius 1 is 0.537 bits per heavy atom. The first-order valence-electron chi connectivity index (χ1n) is 17.7. The van der Waals surface area contributed by atoms with Crippen molar-refractivity contribution in [2.24, 2.45) is 0 Å². The summed E-state index contributed by atoms with van der Waals surface area (Å²) in [5, 5.41) is 0. The largest absolute Gasteiger partial charge is 0.462 e. The van der Waals surface area contributed by atoms with Crippen LogP contribution < -0.4 is 9.44 Å². The summed E-state index contributed by atoms with van der Waals surface area (Å²) >= 11 is 6.63. The number of halogens is 2. The minimum absolute atomic E-state index is 0.149. The molecule has 54 heavy (non-hydrogen) atoms. The topological polar surface area (TPSA) is 145 Å². The van der Waals surface area contributed by atoms with Crippen molar-refractivity contribution in [1.29, 1.82) is 0 Å². The number of carbonyl (C=O) groups is 2. The van der Waals surface area contributed by atoms with E-state index < -0.39 is 32.0 Å². The van der Waals surface area contributed by atoms with E-state index in [1.807, 2.05) is 27.7 Å². The molecule has 0 aromatic heterocycles. The maximum absolute atomic E-state index is 12.6. The monoisotopic (exact) mass is 906 g/mol. The van der Waals surface area contributed by atoms with Gasteiger partial charge in [0, 0.05) is 21.0 Å². The molecule has 0 saturated carbocycles. The van der Waals surface area contributed by atoms with E-state index in [2.05, 4.69) is 41.3 Å². The Morgan fingerprint density at radius 3 is 1.15 bits per heavy atom. The zero-order chi connectivity index (χ0) is 39.7. The van der Waals surface area contributed by atoms with Gasteiger partial charge in [0.2, 0.25) is 20.0 Å². The van der Waals surface area contributed by atoms with Crippen LogP contribution in [0.25, 0.3) is 0 Å². The van der Waals surface area contributed by atoms with Gasteiger partial charge in [-0.25, -0.2) is 35.9 Å². The molecule has 0 aliphatic carbocycles. The standard InChI is InChI=1S/2C20H24BrNO4S/c2*1-3-4-18(22-27(24,25)19-11-5-15(2)6-12-19)13-14-26-20(23)16-7-9-17(21)10-8-16/h2*5-12,18,22H,3-4,13-14H2,1-2H3/t2*18-/m00/s1. The molecule has 0 heterocycles. The van der Waals surface area contributed by atoms with E-state index >= 15 is 0 Å². The van der Waals surface area contributed by atoms with E-state index in [1.54, 1.807) is 97.1 Å². The molecule has 4 aromatic carbocycles. The molecule has 0 aliphatic rings. The van der Waals surface area contributed by atoms with Crippen LogP contribution in [0, 0.1) is 13.8 Å². The highest BCUT2D eigenvalue weighted by Gasteiger charge is 2.21. The van der Waals surface area contributed by atoms with Gasteiger partial charge in [-0.1, -0.05) is 93.9 Å². The predicted octanol–water partition coefficient (Wildman–Crippen LogP) is 8.90. The zero-order valence-electron chi connectivity index (χ0n) is 30.9. The van der Waals surface area contributed by atoms with Crippen molar-refractivity contribution in [3.63, 3.8) is 0 Å². The summed E-state index contributed by atoms with van der Waals surface area (Å²) in [7, 11) is -7.20. The second kappa shape index (κ2) is 22.2. The zero-order valence-corrected chi connectivity index (χ0v) is 35.7. The third-order valence-electron chi connectivity index (χ3n) is 8.14. The Bertz CT molecular complexity index is 1840. The van der Waals surface area contributed by atoms with Gasteiger partial charge in [-0.15, -0.1) is 0 Å². The highest BCUT2D eigenvalue weighted by atomic mass is 79.9. The van der Waals surface area contributed by atoms with Crippen LogP contribution in [0.5, 0.6) is 0 Å². The Kier molecular flexibility index (Phi) is 18.5. The summed E-state index contributed by atoms with van der Waals surface area (Å²) in [5.41, 5.74) is 2.92. The fourth-order valence-electron chi connectivity index (χ4n) is 5.16. The molecule has 0 amide bonds. The third kappa shape index (κ3) is 15.4. The molecule has 0 spiro atoms. The molecule has 292 valence electrons. The second-order valence-corrected chi connectivity index (χ2v) is 18.0. The number of aryl methyl sites for hydroxylation is 2. The van der Waals surface area contributed by atoms with Gasteiger partial charge in [0.1, 0.15) is 0 Å². The van der Waals surface area contributed by atoms with Crippen molar-refractivity contribution < 1.29 is 35.9 Å². The van der Waals surface area contributed by atoms with Crippen molar-refractivity contribution in [1.82, 2.24) is 9.44 Å². The van der Waals surface area contributed by atoms with Gasteiger partial charge in [0.25, 0.3) is 0 Å². The van der Waals surface area contributed by atoms with Crippen molar-refractivity contribution in [2.75, 3.05) is 13.2 Å². The highest BCUT2D eigenvalue weighted by molar-refractivity contribution is 9.10. The van der Waals surface area contributed by atoms with Gasteiger partial charge in [0.05, 0.1) is 34.1 Å². The van der Waals surface area contributed by atoms with E-state index in [-0.39, 0.29) is 35.1 Å². The van der Waals surface area contributed by atoms with E-state index in [1.165, 1.54) is 0 Å². The summed E-state index contributed by atoms with van der Waals surface area (Å²) in [5.74, 6) is -0.835. The van der Waals surface area contributed by atoms with Gasteiger partial charge in [-0.2, -0.15) is 0 Å². The number of benzene rings is 4. The molecule has 2 atom stereocenters. The SMILES string of the molecule is CCC[C@@H](CCOC(=O)c1ccc(Br)cc1)NS(=O)(=O)c1ccc(C)cc1.CCC[C@@H](CCOC(=O)c1ccc(Br)cc1)NS(=O)(=O)c1ccc(C)cc1. The van der Waals surface area contributed by atoms with E-state index in [9.17, 15) is 26.4 Å². The summed E-state index contributed by atoms with van der Waals surface area (Å²) in [6.07, 6.45) is 3.81. The van der Waals surface area contributed by atoms with E-state index in [0.29, 0.717) is 36.8 Å². The molecule has 2 N–H and O–H groups in total. The molecule has 0 saturated heterocycles. The van der Waals surface area contributed by atoms with Crippen LogP contribution in [0.2, 0.25) is 0 Å². The molecule has 0 aliphatic heterocycles. The first-order chi connectivity index (χ1) is 25.6. The van der Waals surface area contributed by atoms with Gasteiger partial charge in [-0.05, 0) is 112 Å². The van der Waals surface area contributed by atoms with Gasteiger partial charge >= 0.3 is 11.9 Å². The first-order valence-corrected chi connectivity index (χ1v) is 22.2. The quantitative estimate of drug-likeness (QED) is 0.0943. The lowest BCUT2D eigenvalue weighted by Gasteiger charge is -2.18. The lowest BCUT2D eigenvalue weighted by Crippen LogP contribution is -2.35. The number of carbonyl (C=O) groups excluding carboxylic acids is 2. The summed E-state index contributed by atoms with van der Waals surface area (Å²) in [6.45, 7) is 8.08. The number of sulfonamides is 2. The predicted molar refractivity (Wildman–Crippen MR) is 218 cm³/mol. The molecule has 14 heteroatoms. The van der Waals surface area contributed by atoms with E-state index in [0.717, 1.165) is 32.9 Å². The van der Waals surface area contributed by atoms with Gasteiger partial charge in [0.15, 0.2) is 0 Å². The molecular weight excluding hydrogens is 860 g/mol. The first kappa shape index (κ1) is 45.0. The average Bonchev–Trinajstić information content (AvgIpc) is 3.12. The third-order valence-corrected chi connectivity index (χ3v) is 12.3. The van der Waals surface area contributed by atoms with Crippen molar-refractivity contribution >= 4 is 63.8 Å². The van der Waals surface area contributed by atoms with Crippen molar-refractivity contribution in [3.05, 3.63) is 128 Å². The average molecular weight is 909 g/mol. The van der Waals surface area contributed by atoms with Crippen LogP contribution in [0.15, 0.2) is 116 Å². The number of esters is 2. The number of hydrogen-bond acceptors (Lipinski definition) is 8. The Hall–Kier alpha value is -3.40. The maximum atomic E-state index is 12.6. The highest BCUT2D eigenvalue weighted by Crippen LogP contribution is 2.17. The normalized spacial score (nSPS) is 12.6. The number of hydrogen-bond donors (Lipinski definition) is 2. The number of nitrogens with one attached hydrogen (secondary N) is 2.